The number of aliphatic imine (C=N–C) groups is 1. The molecule has 0 fully saturated rings. The van der Waals surface area contributed by atoms with E-state index in [2.05, 4.69) is 10.4 Å². The van der Waals surface area contributed by atoms with Gasteiger partial charge in [0, 0.05) is 10.4 Å². The van der Waals surface area contributed by atoms with Gasteiger partial charge in [-0.3, -0.25) is 10.2 Å². The van der Waals surface area contributed by atoms with Crippen molar-refractivity contribution in [2.75, 3.05) is 5.43 Å². The SMILES string of the molecule is O=C1/C(=C\c2cccs2)N=C(c2ccccc2)N1Nc1ccccc1. The van der Waals surface area contributed by atoms with Crippen molar-refractivity contribution in [3.8, 4) is 0 Å². The van der Waals surface area contributed by atoms with E-state index in [1.165, 1.54) is 5.01 Å². The minimum absolute atomic E-state index is 0.170. The molecule has 3 aromatic rings. The molecule has 0 atom stereocenters. The number of para-hydroxylation sites is 1. The van der Waals surface area contributed by atoms with Crippen LogP contribution in [0.5, 0.6) is 0 Å². The van der Waals surface area contributed by atoms with Gasteiger partial charge in [-0.1, -0.05) is 54.6 Å². The van der Waals surface area contributed by atoms with Crippen LogP contribution in [0.1, 0.15) is 10.4 Å². The number of rotatable bonds is 4. The average molecular weight is 345 g/mol. The van der Waals surface area contributed by atoms with E-state index in [-0.39, 0.29) is 5.91 Å². The van der Waals surface area contributed by atoms with Gasteiger partial charge in [0.2, 0.25) is 0 Å². The lowest BCUT2D eigenvalue weighted by atomic mass is 10.2. The van der Waals surface area contributed by atoms with Crippen LogP contribution >= 0.6 is 11.3 Å². The van der Waals surface area contributed by atoms with Gasteiger partial charge in [-0.2, -0.15) is 5.01 Å². The molecule has 25 heavy (non-hydrogen) atoms. The van der Waals surface area contributed by atoms with Gasteiger partial charge >= 0.3 is 0 Å². The van der Waals surface area contributed by atoms with Crippen LogP contribution < -0.4 is 5.43 Å². The molecule has 1 amide bonds. The first kappa shape index (κ1) is 15.4. The van der Waals surface area contributed by atoms with Gasteiger partial charge in [-0.15, -0.1) is 11.3 Å². The molecule has 4 rings (SSSR count). The molecule has 0 aliphatic carbocycles. The third-order valence-electron chi connectivity index (χ3n) is 3.73. The van der Waals surface area contributed by atoms with Crippen molar-refractivity contribution in [1.82, 2.24) is 5.01 Å². The second-order valence-electron chi connectivity index (χ2n) is 5.46. The van der Waals surface area contributed by atoms with E-state index in [0.717, 1.165) is 16.1 Å². The zero-order valence-corrected chi connectivity index (χ0v) is 14.1. The van der Waals surface area contributed by atoms with Gasteiger partial charge < -0.3 is 0 Å². The van der Waals surface area contributed by atoms with E-state index in [4.69, 9.17) is 0 Å². The van der Waals surface area contributed by atoms with E-state index in [1.807, 2.05) is 84.3 Å². The summed E-state index contributed by atoms with van der Waals surface area (Å²) in [6, 6.07) is 23.2. The Kier molecular flexibility index (Phi) is 4.14. The van der Waals surface area contributed by atoms with Crippen molar-refractivity contribution >= 4 is 34.8 Å². The Bertz CT molecular complexity index is 932. The molecule has 1 N–H and O–H groups in total. The largest absolute Gasteiger partial charge is 0.297 e. The highest BCUT2D eigenvalue weighted by Crippen LogP contribution is 2.24. The van der Waals surface area contributed by atoms with Crippen LogP contribution in [0.15, 0.2) is 88.9 Å². The van der Waals surface area contributed by atoms with Gasteiger partial charge in [0.25, 0.3) is 5.91 Å². The fourth-order valence-electron chi connectivity index (χ4n) is 2.55. The number of carbonyl (C=O) groups excluding carboxylic acids is 1. The Morgan fingerprint density at radius 3 is 2.32 bits per heavy atom. The van der Waals surface area contributed by atoms with Gasteiger partial charge in [-0.05, 0) is 29.7 Å². The normalized spacial score (nSPS) is 15.5. The van der Waals surface area contributed by atoms with Gasteiger partial charge in [0.05, 0.1) is 5.69 Å². The Morgan fingerprint density at radius 1 is 0.920 bits per heavy atom. The smallest absolute Gasteiger partial charge is 0.290 e. The number of hydrazine groups is 1. The van der Waals surface area contributed by atoms with E-state index < -0.39 is 0 Å². The average Bonchev–Trinajstić information content (AvgIpc) is 3.27. The highest BCUT2D eigenvalue weighted by atomic mass is 32.1. The van der Waals surface area contributed by atoms with Crippen LogP contribution in [-0.2, 0) is 4.79 Å². The molecule has 0 radical (unpaired) electrons. The Balaban J connectivity index is 1.73. The number of amidine groups is 1. The highest BCUT2D eigenvalue weighted by molar-refractivity contribution is 7.10. The van der Waals surface area contributed by atoms with Crippen LogP contribution in [0, 0.1) is 0 Å². The van der Waals surface area contributed by atoms with E-state index in [1.54, 1.807) is 11.3 Å². The number of nitrogens with zero attached hydrogens (tertiary/aromatic N) is 2. The molecule has 0 saturated heterocycles. The maximum Gasteiger partial charge on any atom is 0.297 e. The third kappa shape index (κ3) is 3.22. The zero-order chi connectivity index (χ0) is 17.1. The summed E-state index contributed by atoms with van der Waals surface area (Å²) in [5, 5.41) is 3.48. The van der Waals surface area contributed by atoms with Crippen LogP contribution in [0.4, 0.5) is 5.69 Å². The van der Waals surface area contributed by atoms with Crippen molar-refractivity contribution in [2.45, 2.75) is 0 Å². The van der Waals surface area contributed by atoms with E-state index >= 15 is 0 Å². The Labute approximate surface area is 149 Å². The first-order valence-electron chi connectivity index (χ1n) is 7.87. The van der Waals surface area contributed by atoms with Crippen LogP contribution in [0.3, 0.4) is 0 Å². The Morgan fingerprint density at radius 2 is 1.64 bits per heavy atom. The summed E-state index contributed by atoms with van der Waals surface area (Å²) in [5.41, 5.74) is 5.30. The second kappa shape index (κ2) is 6.75. The maximum atomic E-state index is 12.9. The molecule has 0 unspecified atom stereocenters. The van der Waals surface area contributed by atoms with E-state index in [0.29, 0.717) is 11.5 Å². The van der Waals surface area contributed by atoms with E-state index in [9.17, 15) is 4.79 Å². The lowest BCUT2D eigenvalue weighted by molar-refractivity contribution is -0.121. The van der Waals surface area contributed by atoms with Crippen molar-refractivity contribution in [3.63, 3.8) is 0 Å². The third-order valence-corrected chi connectivity index (χ3v) is 4.55. The summed E-state index contributed by atoms with van der Waals surface area (Å²) in [5.74, 6) is 0.424. The number of nitrogens with one attached hydrogen (secondary N) is 1. The predicted molar refractivity (Wildman–Crippen MR) is 102 cm³/mol. The monoisotopic (exact) mass is 345 g/mol. The van der Waals surface area contributed by atoms with Crippen LogP contribution in [0.2, 0.25) is 0 Å². The summed E-state index contributed by atoms with van der Waals surface area (Å²) >= 11 is 1.58. The molecule has 1 aliphatic rings. The minimum atomic E-state index is -0.170. The fourth-order valence-corrected chi connectivity index (χ4v) is 3.20. The highest BCUT2D eigenvalue weighted by Gasteiger charge is 2.31. The minimum Gasteiger partial charge on any atom is -0.290 e. The molecule has 0 bridgehead atoms. The number of benzene rings is 2. The molecule has 0 spiro atoms. The Hall–Kier alpha value is -3.18. The quantitative estimate of drug-likeness (QED) is 0.712. The van der Waals surface area contributed by atoms with Gasteiger partial charge in [-0.25, -0.2) is 4.99 Å². The molecular weight excluding hydrogens is 330 g/mol. The van der Waals surface area contributed by atoms with Crippen molar-refractivity contribution in [2.24, 2.45) is 4.99 Å². The number of anilines is 1. The van der Waals surface area contributed by atoms with Crippen LogP contribution in [-0.4, -0.2) is 16.8 Å². The van der Waals surface area contributed by atoms with Crippen molar-refractivity contribution in [1.29, 1.82) is 0 Å². The first-order chi connectivity index (χ1) is 12.3. The zero-order valence-electron chi connectivity index (χ0n) is 13.3. The molecule has 2 aromatic carbocycles. The summed E-state index contributed by atoms with van der Waals surface area (Å²) in [7, 11) is 0. The number of amides is 1. The topological polar surface area (TPSA) is 44.7 Å². The lowest BCUT2D eigenvalue weighted by Crippen LogP contribution is -2.37. The summed E-state index contributed by atoms with van der Waals surface area (Å²) in [6.07, 6.45) is 1.82. The molecule has 122 valence electrons. The van der Waals surface area contributed by atoms with Gasteiger partial charge in [0.1, 0.15) is 5.70 Å². The van der Waals surface area contributed by atoms with Gasteiger partial charge in [0.15, 0.2) is 5.84 Å². The first-order valence-corrected chi connectivity index (χ1v) is 8.75. The van der Waals surface area contributed by atoms with Crippen molar-refractivity contribution in [3.05, 3.63) is 94.3 Å². The summed E-state index contributed by atoms with van der Waals surface area (Å²) in [6.45, 7) is 0. The molecule has 1 aromatic heterocycles. The predicted octanol–water partition coefficient (Wildman–Crippen LogP) is 4.41. The number of hydrogen-bond acceptors (Lipinski definition) is 4. The molecule has 4 nitrogen and oxygen atoms in total. The summed E-state index contributed by atoms with van der Waals surface area (Å²) < 4.78 is 0. The molecule has 2 heterocycles. The number of hydrogen-bond donors (Lipinski definition) is 1. The maximum absolute atomic E-state index is 12.9. The second-order valence-corrected chi connectivity index (χ2v) is 6.44. The lowest BCUT2D eigenvalue weighted by Gasteiger charge is -2.20. The number of thiophene rings is 1. The fraction of sp³-hybridized carbons (Fsp3) is 0. The molecular formula is C20H15N3OS. The molecule has 1 aliphatic heterocycles. The number of carbonyl (C=O) groups is 1. The summed E-state index contributed by atoms with van der Waals surface area (Å²) in [4.78, 5) is 18.5. The standard InChI is InChI=1S/C20H15N3OS/c24-20-18(14-17-12-7-13-25-17)21-19(15-8-3-1-4-9-15)23(20)22-16-10-5-2-6-11-16/h1-14,22H/b18-14+. The van der Waals surface area contributed by atoms with Crippen LogP contribution in [0.25, 0.3) is 6.08 Å². The molecule has 0 saturated carbocycles. The molecule has 5 heteroatoms. The van der Waals surface area contributed by atoms with Crippen molar-refractivity contribution < 1.29 is 4.79 Å².